The van der Waals surface area contributed by atoms with Crippen LogP contribution in [0.1, 0.15) is 23.9 Å². The Kier molecular flexibility index (Phi) is 4.91. The molecule has 0 unspecified atom stereocenters. The number of fused-ring (bicyclic) bond motifs is 4. The van der Waals surface area contributed by atoms with Gasteiger partial charge >= 0.3 is 0 Å². The number of aromatic nitrogens is 5. The fraction of sp³-hybridized carbons (Fsp3) is 0.143. The van der Waals surface area contributed by atoms with Crippen LogP contribution in [0.3, 0.4) is 0 Å². The number of rotatable bonds is 5. The fourth-order valence-electron chi connectivity index (χ4n) is 4.55. The molecule has 0 atom stereocenters. The highest BCUT2D eigenvalue weighted by Gasteiger charge is 2.22. The topological polar surface area (TPSA) is 65.6 Å². The molecule has 0 aliphatic heterocycles. The second kappa shape index (κ2) is 8.23. The molecule has 6 rings (SSSR count). The lowest BCUT2D eigenvalue weighted by Crippen LogP contribution is -2.26. The summed E-state index contributed by atoms with van der Waals surface area (Å²) >= 11 is 0. The minimum absolute atomic E-state index is 0.0768. The van der Waals surface area contributed by atoms with Crippen molar-refractivity contribution in [2.75, 3.05) is 0 Å². The van der Waals surface area contributed by atoms with Gasteiger partial charge in [0.15, 0.2) is 11.3 Å². The van der Waals surface area contributed by atoms with Crippen molar-refractivity contribution in [3.05, 3.63) is 112 Å². The van der Waals surface area contributed by atoms with E-state index in [1.165, 1.54) is 0 Å². The molecule has 34 heavy (non-hydrogen) atoms. The molecule has 166 valence electrons. The highest BCUT2D eigenvalue weighted by Crippen LogP contribution is 2.26. The van der Waals surface area contributed by atoms with E-state index in [0.717, 1.165) is 28.0 Å². The van der Waals surface area contributed by atoms with Crippen molar-refractivity contribution in [1.82, 2.24) is 24.1 Å². The molecule has 0 N–H and O–H groups in total. The molecule has 3 heterocycles. The lowest BCUT2D eigenvalue weighted by molar-refractivity contribution is 0.681. The zero-order chi connectivity index (χ0) is 23.1. The van der Waals surface area contributed by atoms with E-state index >= 15 is 0 Å². The van der Waals surface area contributed by atoms with Gasteiger partial charge in [-0.3, -0.25) is 9.36 Å². The molecule has 0 amide bonds. The van der Waals surface area contributed by atoms with Crippen molar-refractivity contribution >= 4 is 33.2 Å². The second-order valence-electron chi connectivity index (χ2n) is 8.41. The molecule has 3 aromatic carbocycles. The largest absolute Gasteiger partial charge is 0.304 e. The van der Waals surface area contributed by atoms with Gasteiger partial charge in [-0.15, -0.1) is 0 Å². The predicted octanol–water partition coefficient (Wildman–Crippen LogP) is 4.95. The number of hydrogen-bond acceptors (Lipinski definition) is 4. The summed E-state index contributed by atoms with van der Waals surface area (Å²) in [7, 11) is 0. The van der Waals surface area contributed by atoms with Gasteiger partial charge in [-0.05, 0) is 23.3 Å². The van der Waals surface area contributed by atoms with E-state index in [1.807, 2.05) is 84.3 Å². The number of aryl methyl sites for hydroxylation is 1. The first-order valence-electron chi connectivity index (χ1n) is 11.5. The van der Waals surface area contributed by atoms with E-state index in [2.05, 4.69) is 12.1 Å². The van der Waals surface area contributed by atoms with Crippen LogP contribution >= 0.6 is 0 Å². The Balaban J connectivity index is 1.68. The number of benzene rings is 3. The van der Waals surface area contributed by atoms with Crippen LogP contribution in [-0.4, -0.2) is 24.1 Å². The van der Waals surface area contributed by atoms with Gasteiger partial charge in [0.1, 0.15) is 16.7 Å². The zero-order valence-corrected chi connectivity index (χ0v) is 18.8. The van der Waals surface area contributed by atoms with Crippen LogP contribution in [0.25, 0.3) is 33.2 Å². The molecule has 6 aromatic rings. The van der Waals surface area contributed by atoms with E-state index in [0.29, 0.717) is 41.7 Å². The minimum Gasteiger partial charge on any atom is -0.304 e. The quantitative estimate of drug-likeness (QED) is 0.376. The highest BCUT2D eigenvalue weighted by atomic mass is 16.1. The van der Waals surface area contributed by atoms with Gasteiger partial charge in [0.2, 0.25) is 0 Å². The smallest absolute Gasteiger partial charge is 0.265 e. The third kappa shape index (κ3) is 3.35. The zero-order valence-electron chi connectivity index (χ0n) is 18.8. The van der Waals surface area contributed by atoms with Crippen LogP contribution in [0.2, 0.25) is 0 Å². The molecule has 0 spiro atoms. The van der Waals surface area contributed by atoms with Crippen molar-refractivity contribution in [3.8, 4) is 0 Å². The molecule has 6 nitrogen and oxygen atoms in total. The van der Waals surface area contributed by atoms with Crippen molar-refractivity contribution in [3.63, 3.8) is 0 Å². The normalized spacial score (nSPS) is 11.6. The molecular weight excluding hydrogens is 422 g/mol. The summed E-state index contributed by atoms with van der Waals surface area (Å²) in [5.41, 5.74) is 5.59. The monoisotopic (exact) mass is 445 g/mol. The van der Waals surface area contributed by atoms with E-state index in [-0.39, 0.29) is 5.56 Å². The standard InChI is InChI=1S/C28H23N5O/c1-2-23-31-26-24(28(34)32(23)17-19-11-5-3-6-12-19)25-27(30-22-16-10-9-15-21(22)29-25)33(26)18-20-13-7-4-8-14-20/h3-16H,2,17-18H2,1H3. The van der Waals surface area contributed by atoms with E-state index in [9.17, 15) is 4.79 Å². The maximum absolute atomic E-state index is 14.0. The lowest BCUT2D eigenvalue weighted by atomic mass is 10.2. The third-order valence-electron chi connectivity index (χ3n) is 6.21. The van der Waals surface area contributed by atoms with Gasteiger partial charge < -0.3 is 4.57 Å². The third-order valence-corrected chi connectivity index (χ3v) is 6.21. The molecular formula is C28H23N5O. The molecule has 0 radical (unpaired) electrons. The Bertz CT molecular complexity index is 1700. The number of para-hydroxylation sites is 2. The summed E-state index contributed by atoms with van der Waals surface area (Å²) in [6.45, 7) is 3.06. The Morgan fingerprint density at radius 1 is 0.647 bits per heavy atom. The molecule has 0 saturated heterocycles. The SMILES string of the molecule is CCc1nc2c(c(=O)n1Cc1ccccc1)c1nc3ccccc3nc1n2Cc1ccccc1. The predicted molar refractivity (Wildman–Crippen MR) is 135 cm³/mol. The van der Waals surface area contributed by atoms with Gasteiger partial charge in [-0.1, -0.05) is 79.7 Å². The molecule has 0 bridgehead atoms. The van der Waals surface area contributed by atoms with E-state index in [1.54, 1.807) is 4.57 Å². The van der Waals surface area contributed by atoms with Crippen molar-refractivity contribution in [1.29, 1.82) is 0 Å². The van der Waals surface area contributed by atoms with Gasteiger partial charge in [0, 0.05) is 6.42 Å². The summed E-state index contributed by atoms with van der Waals surface area (Å²) < 4.78 is 3.81. The second-order valence-corrected chi connectivity index (χ2v) is 8.41. The van der Waals surface area contributed by atoms with Crippen LogP contribution in [0, 0.1) is 0 Å². The van der Waals surface area contributed by atoms with Crippen LogP contribution < -0.4 is 5.56 Å². The first-order valence-corrected chi connectivity index (χ1v) is 11.5. The maximum atomic E-state index is 14.0. The summed E-state index contributed by atoms with van der Waals surface area (Å²) in [5.74, 6) is 0.753. The van der Waals surface area contributed by atoms with E-state index < -0.39 is 0 Å². The Morgan fingerprint density at radius 2 is 1.21 bits per heavy atom. The number of nitrogens with zero attached hydrogens (tertiary/aromatic N) is 5. The average molecular weight is 446 g/mol. The van der Waals surface area contributed by atoms with E-state index in [4.69, 9.17) is 15.0 Å². The van der Waals surface area contributed by atoms with Gasteiger partial charge in [0.05, 0.1) is 24.1 Å². The summed E-state index contributed by atoms with van der Waals surface area (Å²) in [6, 6.07) is 28.0. The van der Waals surface area contributed by atoms with Crippen molar-refractivity contribution < 1.29 is 0 Å². The fourth-order valence-corrected chi connectivity index (χ4v) is 4.55. The van der Waals surface area contributed by atoms with Crippen LogP contribution in [0.4, 0.5) is 0 Å². The summed E-state index contributed by atoms with van der Waals surface area (Å²) in [6.07, 6.45) is 0.647. The van der Waals surface area contributed by atoms with Crippen molar-refractivity contribution in [2.45, 2.75) is 26.4 Å². The van der Waals surface area contributed by atoms with Gasteiger partial charge in [-0.25, -0.2) is 15.0 Å². The van der Waals surface area contributed by atoms with Gasteiger partial charge in [0.25, 0.3) is 5.56 Å². The molecule has 3 aromatic heterocycles. The van der Waals surface area contributed by atoms with Crippen LogP contribution in [0.5, 0.6) is 0 Å². The average Bonchev–Trinajstić information content (AvgIpc) is 3.17. The molecule has 0 aliphatic rings. The first kappa shape index (κ1) is 20.3. The molecule has 0 aliphatic carbocycles. The summed E-state index contributed by atoms with van der Waals surface area (Å²) in [5, 5.41) is 0.525. The molecule has 6 heteroatoms. The van der Waals surface area contributed by atoms with Crippen molar-refractivity contribution in [2.24, 2.45) is 0 Å². The molecule has 0 fully saturated rings. The highest BCUT2D eigenvalue weighted by molar-refractivity contribution is 6.04. The van der Waals surface area contributed by atoms with Crippen LogP contribution in [-0.2, 0) is 19.5 Å². The summed E-state index contributed by atoms with van der Waals surface area (Å²) in [4.78, 5) is 28.8. The Labute approximate surface area is 196 Å². The lowest BCUT2D eigenvalue weighted by Gasteiger charge is -2.12. The van der Waals surface area contributed by atoms with Crippen LogP contribution in [0.15, 0.2) is 89.7 Å². The maximum Gasteiger partial charge on any atom is 0.265 e. The number of hydrogen-bond donors (Lipinski definition) is 0. The molecule has 0 saturated carbocycles. The first-order chi connectivity index (χ1) is 16.7. The minimum atomic E-state index is -0.0768. The Morgan fingerprint density at radius 3 is 1.82 bits per heavy atom. The van der Waals surface area contributed by atoms with Gasteiger partial charge in [-0.2, -0.15) is 0 Å². The Hall–Kier alpha value is -4.32.